The number of rotatable bonds is 10. The normalized spacial score (nSPS) is 12.9. The third-order valence-corrected chi connectivity index (χ3v) is 6.04. The van der Waals surface area contributed by atoms with Crippen LogP contribution in [-0.4, -0.2) is 60.5 Å². The van der Waals surface area contributed by atoms with Crippen molar-refractivity contribution in [3.8, 4) is 0 Å². The fourth-order valence-corrected chi connectivity index (χ4v) is 4.38. The number of aromatic nitrogens is 3. The number of hydrogen-bond acceptors (Lipinski definition) is 8. The zero-order valence-electron chi connectivity index (χ0n) is 17.2. The van der Waals surface area contributed by atoms with Crippen LogP contribution in [0.5, 0.6) is 0 Å². The van der Waals surface area contributed by atoms with Gasteiger partial charge in [0.15, 0.2) is 0 Å². The number of thiophene rings is 1. The number of nitrogens with zero attached hydrogens (tertiary/aromatic N) is 2. The number of fused-ring (bicyclic) bond motifs is 1. The van der Waals surface area contributed by atoms with Crippen molar-refractivity contribution >= 4 is 40.2 Å². The van der Waals surface area contributed by atoms with Gasteiger partial charge in [-0.1, -0.05) is 0 Å². The van der Waals surface area contributed by atoms with Crippen molar-refractivity contribution in [2.24, 2.45) is 0 Å². The highest BCUT2D eigenvalue weighted by atomic mass is 32.1. The van der Waals surface area contributed by atoms with Gasteiger partial charge in [0, 0.05) is 22.4 Å². The highest BCUT2D eigenvalue weighted by Crippen LogP contribution is 2.33. The Morgan fingerprint density at radius 1 is 1.30 bits per heavy atom. The zero-order valence-corrected chi connectivity index (χ0v) is 18.0. The predicted molar refractivity (Wildman–Crippen MR) is 115 cm³/mol. The van der Waals surface area contributed by atoms with E-state index in [2.05, 4.69) is 20.3 Å². The summed E-state index contributed by atoms with van der Waals surface area (Å²) in [6, 6.07) is 1.48. The summed E-state index contributed by atoms with van der Waals surface area (Å²) in [7, 11) is 0. The molecular formula is C19H19N5O8S. The van der Waals surface area contributed by atoms with Gasteiger partial charge in [-0.25, -0.2) is 9.78 Å². The fourth-order valence-electron chi connectivity index (χ4n) is 3.36. The van der Waals surface area contributed by atoms with Gasteiger partial charge >= 0.3 is 11.9 Å². The van der Waals surface area contributed by atoms with E-state index in [1.165, 1.54) is 18.3 Å². The SMILES string of the molecule is Cc1nc2[nH]cc(C(C[N+](=O)[O-])c3ccc(C(=O)N[C@@H](CCC(=O)O)C(=O)O)s3)c2c(=O)[nH]1. The highest BCUT2D eigenvalue weighted by Gasteiger charge is 2.28. The van der Waals surface area contributed by atoms with Crippen LogP contribution in [-0.2, 0) is 9.59 Å². The minimum Gasteiger partial charge on any atom is -0.481 e. The number of amides is 1. The quantitative estimate of drug-likeness (QED) is 0.209. The van der Waals surface area contributed by atoms with Crippen LogP contribution in [0.4, 0.5) is 0 Å². The van der Waals surface area contributed by atoms with Crippen LogP contribution in [0.3, 0.4) is 0 Å². The number of aromatic amines is 2. The first-order chi connectivity index (χ1) is 15.6. The largest absolute Gasteiger partial charge is 0.481 e. The Hall–Kier alpha value is -4.07. The standard InChI is InChI=1S/C19H19N5O8S/c1-8-21-16-15(18(28)22-8)9(6-20-16)10(7-24(31)32)12-3-4-13(33-12)17(27)23-11(19(29)30)2-5-14(25)26/h3-4,6,10-11H,2,5,7H2,1H3,(H,23,27)(H,25,26)(H,29,30)(H2,20,21,22,28)/t10?,11-/m0/s1. The van der Waals surface area contributed by atoms with E-state index < -0.39 is 53.3 Å². The number of carboxylic acids is 2. The predicted octanol–water partition coefficient (Wildman–Crippen LogP) is 1.08. The van der Waals surface area contributed by atoms with Crippen molar-refractivity contribution < 1.29 is 29.5 Å². The summed E-state index contributed by atoms with van der Waals surface area (Å²) in [4.78, 5) is 67.9. The maximum Gasteiger partial charge on any atom is 0.326 e. The second kappa shape index (κ2) is 9.60. The minimum atomic E-state index is -1.41. The first kappa shape index (κ1) is 23.6. The van der Waals surface area contributed by atoms with Crippen molar-refractivity contribution in [3.63, 3.8) is 0 Å². The van der Waals surface area contributed by atoms with E-state index in [9.17, 15) is 34.4 Å². The number of carboxylic acid groups (broad SMARTS) is 2. The summed E-state index contributed by atoms with van der Waals surface area (Å²) in [6.07, 6.45) is 0.718. The second-order valence-corrected chi connectivity index (χ2v) is 8.30. The molecule has 0 aliphatic rings. The summed E-state index contributed by atoms with van der Waals surface area (Å²) in [5.41, 5.74) is 0.158. The van der Waals surface area contributed by atoms with Crippen LogP contribution >= 0.6 is 11.3 Å². The Bertz CT molecular complexity index is 1290. The van der Waals surface area contributed by atoms with Gasteiger partial charge in [0.2, 0.25) is 6.54 Å². The molecule has 3 rings (SSSR count). The van der Waals surface area contributed by atoms with E-state index in [1.54, 1.807) is 6.92 Å². The third kappa shape index (κ3) is 5.41. The number of nitrogens with one attached hydrogen (secondary N) is 3. The van der Waals surface area contributed by atoms with Crippen LogP contribution in [0, 0.1) is 17.0 Å². The summed E-state index contributed by atoms with van der Waals surface area (Å²) >= 11 is 0.913. The molecule has 0 bridgehead atoms. The van der Waals surface area contributed by atoms with Gasteiger partial charge in [-0.05, 0) is 31.0 Å². The van der Waals surface area contributed by atoms with Gasteiger partial charge in [-0.2, -0.15) is 0 Å². The smallest absolute Gasteiger partial charge is 0.326 e. The lowest BCUT2D eigenvalue weighted by atomic mass is 9.98. The molecule has 3 heterocycles. The number of carbonyl (C=O) groups is 3. The molecule has 0 saturated carbocycles. The molecule has 14 heteroatoms. The van der Waals surface area contributed by atoms with E-state index in [4.69, 9.17) is 5.11 Å². The molecule has 0 aromatic carbocycles. The van der Waals surface area contributed by atoms with E-state index in [0.717, 1.165) is 11.3 Å². The third-order valence-electron chi connectivity index (χ3n) is 4.84. The van der Waals surface area contributed by atoms with Gasteiger partial charge < -0.3 is 25.5 Å². The molecular weight excluding hydrogens is 458 g/mol. The van der Waals surface area contributed by atoms with Gasteiger partial charge in [0.05, 0.1) is 16.2 Å². The summed E-state index contributed by atoms with van der Waals surface area (Å²) < 4.78 is 0. The summed E-state index contributed by atoms with van der Waals surface area (Å²) in [5, 5.41) is 31.8. The van der Waals surface area contributed by atoms with Crippen LogP contribution in [0.1, 0.15) is 44.7 Å². The first-order valence-electron chi connectivity index (χ1n) is 9.61. The van der Waals surface area contributed by atoms with Crippen molar-refractivity contribution in [1.82, 2.24) is 20.3 Å². The Morgan fingerprint density at radius 2 is 2.03 bits per heavy atom. The summed E-state index contributed by atoms with van der Waals surface area (Å²) in [5.74, 6) is -3.83. The average Bonchev–Trinajstić information content (AvgIpc) is 3.36. The van der Waals surface area contributed by atoms with Gasteiger partial charge in [0.1, 0.15) is 17.5 Å². The second-order valence-electron chi connectivity index (χ2n) is 7.19. The van der Waals surface area contributed by atoms with Crippen molar-refractivity contribution in [1.29, 1.82) is 0 Å². The highest BCUT2D eigenvalue weighted by molar-refractivity contribution is 7.14. The van der Waals surface area contributed by atoms with E-state index in [1.807, 2.05) is 0 Å². The van der Waals surface area contributed by atoms with Gasteiger partial charge in [0.25, 0.3) is 11.5 Å². The molecule has 0 fully saturated rings. The number of aryl methyl sites for hydroxylation is 1. The Kier molecular flexibility index (Phi) is 6.86. The number of nitro groups is 1. The zero-order chi connectivity index (χ0) is 24.3. The van der Waals surface area contributed by atoms with Crippen molar-refractivity contribution in [2.75, 3.05) is 6.54 Å². The molecule has 2 atom stereocenters. The van der Waals surface area contributed by atoms with Gasteiger partial charge in [-0.15, -0.1) is 11.3 Å². The van der Waals surface area contributed by atoms with E-state index in [-0.39, 0.29) is 22.3 Å². The number of hydrogen-bond donors (Lipinski definition) is 5. The molecule has 0 spiro atoms. The number of carbonyl (C=O) groups excluding carboxylic acids is 1. The number of aliphatic carboxylic acids is 2. The van der Waals surface area contributed by atoms with Crippen LogP contribution in [0.15, 0.2) is 23.1 Å². The van der Waals surface area contributed by atoms with E-state index in [0.29, 0.717) is 16.3 Å². The Labute approximate surface area is 188 Å². The maximum absolute atomic E-state index is 12.5. The molecule has 174 valence electrons. The molecule has 1 unspecified atom stereocenters. The average molecular weight is 477 g/mol. The van der Waals surface area contributed by atoms with Crippen molar-refractivity contribution in [2.45, 2.75) is 31.7 Å². The molecule has 13 nitrogen and oxygen atoms in total. The molecule has 1 amide bonds. The fraction of sp³-hybridized carbons (Fsp3) is 0.316. The Morgan fingerprint density at radius 3 is 2.67 bits per heavy atom. The molecule has 0 aliphatic heterocycles. The van der Waals surface area contributed by atoms with Gasteiger partial charge in [-0.3, -0.25) is 24.5 Å². The molecule has 0 saturated heterocycles. The minimum absolute atomic E-state index is 0.0858. The lowest BCUT2D eigenvalue weighted by molar-refractivity contribution is -0.481. The first-order valence-corrected chi connectivity index (χ1v) is 10.4. The maximum atomic E-state index is 12.5. The topological polar surface area (TPSA) is 208 Å². The van der Waals surface area contributed by atoms with Crippen LogP contribution in [0.2, 0.25) is 0 Å². The molecule has 3 aromatic rings. The molecule has 0 radical (unpaired) electrons. The van der Waals surface area contributed by atoms with Crippen molar-refractivity contribution in [3.05, 3.63) is 59.9 Å². The lowest BCUT2D eigenvalue weighted by Crippen LogP contribution is -2.40. The Balaban J connectivity index is 1.91. The van der Waals surface area contributed by atoms with E-state index >= 15 is 0 Å². The molecule has 0 aliphatic carbocycles. The lowest BCUT2D eigenvalue weighted by Gasteiger charge is -2.13. The van der Waals surface area contributed by atoms with Crippen LogP contribution < -0.4 is 10.9 Å². The summed E-state index contributed by atoms with van der Waals surface area (Å²) in [6.45, 7) is 1.04. The molecule has 5 N–H and O–H groups in total. The molecule has 3 aromatic heterocycles. The molecule has 33 heavy (non-hydrogen) atoms. The van der Waals surface area contributed by atoms with Crippen LogP contribution in [0.25, 0.3) is 11.0 Å². The number of H-pyrrole nitrogens is 2. The monoisotopic (exact) mass is 477 g/mol.